The lowest BCUT2D eigenvalue weighted by atomic mass is 10.2. The molecule has 0 unspecified atom stereocenters. The minimum Gasteiger partial charge on any atom is -0.324 e. The van der Waals surface area contributed by atoms with Crippen LogP contribution in [-0.2, 0) is 14.8 Å². The van der Waals surface area contributed by atoms with E-state index in [9.17, 15) is 18.0 Å². The summed E-state index contributed by atoms with van der Waals surface area (Å²) in [4.78, 5) is 25.5. The molecule has 1 N–H and O–H groups in total. The second-order valence-corrected chi connectivity index (χ2v) is 10.5. The van der Waals surface area contributed by atoms with Crippen molar-refractivity contribution >= 4 is 44.8 Å². The van der Waals surface area contributed by atoms with Crippen molar-refractivity contribution in [3.8, 4) is 0 Å². The molecule has 1 aromatic heterocycles. The largest absolute Gasteiger partial charge is 0.324 e. The third-order valence-electron chi connectivity index (χ3n) is 5.52. The molecule has 174 valence electrons. The Morgan fingerprint density at radius 1 is 1.19 bits per heavy atom. The Morgan fingerprint density at radius 3 is 2.47 bits per heavy atom. The maximum Gasteiger partial charge on any atom is 0.287 e. The lowest BCUT2D eigenvalue weighted by molar-refractivity contribution is -0.119. The molecule has 1 aliphatic heterocycles. The Bertz CT molecular complexity index is 1160. The fourth-order valence-electron chi connectivity index (χ4n) is 3.72. The van der Waals surface area contributed by atoms with Gasteiger partial charge in [-0.25, -0.2) is 13.1 Å². The number of nitrogens with zero attached hydrogens (tertiary/aromatic N) is 3. The molecule has 8 nitrogen and oxygen atoms in total. The smallest absolute Gasteiger partial charge is 0.287 e. The molecule has 11 heteroatoms. The van der Waals surface area contributed by atoms with Crippen LogP contribution in [0.1, 0.15) is 50.6 Å². The highest BCUT2D eigenvalue weighted by Gasteiger charge is 2.28. The summed E-state index contributed by atoms with van der Waals surface area (Å²) < 4.78 is 29.0. The zero-order chi connectivity index (χ0) is 23.5. The summed E-state index contributed by atoms with van der Waals surface area (Å²) in [6.45, 7) is 4.43. The molecule has 0 aliphatic carbocycles. The van der Waals surface area contributed by atoms with Gasteiger partial charge in [0.1, 0.15) is 11.1 Å². The summed E-state index contributed by atoms with van der Waals surface area (Å²) in [5.74, 6) is -0.512. The Balaban J connectivity index is 1.88. The molecule has 2 aromatic rings. The van der Waals surface area contributed by atoms with Crippen molar-refractivity contribution in [2.45, 2.75) is 56.9 Å². The number of aromatic nitrogens is 2. The zero-order valence-corrected chi connectivity index (χ0v) is 20.3. The van der Waals surface area contributed by atoms with Crippen molar-refractivity contribution in [3.63, 3.8) is 0 Å². The monoisotopic (exact) mass is 500 g/mol. The number of anilines is 1. The van der Waals surface area contributed by atoms with Crippen LogP contribution in [0, 0.1) is 6.92 Å². The van der Waals surface area contributed by atoms with Crippen LogP contribution in [0.4, 0.5) is 5.69 Å². The van der Waals surface area contributed by atoms with Crippen molar-refractivity contribution < 1.29 is 13.2 Å². The van der Waals surface area contributed by atoms with E-state index in [4.69, 9.17) is 23.2 Å². The summed E-state index contributed by atoms with van der Waals surface area (Å²) >= 11 is 11.7. The summed E-state index contributed by atoms with van der Waals surface area (Å²) in [7, 11) is -3.69. The fourth-order valence-corrected chi connectivity index (χ4v) is 5.75. The van der Waals surface area contributed by atoms with Crippen molar-refractivity contribution in [2.75, 3.05) is 18.4 Å². The molecule has 0 bridgehead atoms. The molecule has 0 spiro atoms. The maximum atomic E-state index is 13.3. The van der Waals surface area contributed by atoms with Crippen LogP contribution in [0.5, 0.6) is 0 Å². The maximum absolute atomic E-state index is 13.3. The number of hydrogen-bond donors (Lipinski definition) is 1. The molecular formula is C21H26Cl2N4O4S. The van der Waals surface area contributed by atoms with Gasteiger partial charge in [-0.2, -0.15) is 9.40 Å². The van der Waals surface area contributed by atoms with Gasteiger partial charge >= 0.3 is 0 Å². The molecule has 0 saturated carbocycles. The second-order valence-electron chi connectivity index (χ2n) is 7.77. The SMILES string of the molecule is CC[C@@H](C(=O)Nc1ccc(C)c(S(=O)(=O)N2CCCCCC2)c1)n1ncc(Cl)c(Cl)c1=O. The van der Waals surface area contributed by atoms with E-state index < -0.39 is 27.5 Å². The van der Waals surface area contributed by atoms with E-state index in [0.717, 1.165) is 30.4 Å². The minimum absolute atomic E-state index is 0.00470. The molecule has 2 heterocycles. The molecule has 1 amide bonds. The second kappa shape index (κ2) is 10.3. The number of rotatable bonds is 6. The van der Waals surface area contributed by atoms with Crippen LogP contribution in [0.25, 0.3) is 0 Å². The van der Waals surface area contributed by atoms with Gasteiger partial charge in [-0.1, -0.05) is 49.0 Å². The first-order chi connectivity index (χ1) is 15.2. The van der Waals surface area contributed by atoms with Crippen molar-refractivity contribution in [2.24, 2.45) is 0 Å². The number of carbonyl (C=O) groups excluding carboxylic acids is 1. The van der Waals surface area contributed by atoms with E-state index in [-0.39, 0.29) is 21.4 Å². The number of sulfonamides is 1. The molecule has 1 fully saturated rings. The van der Waals surface area contributed by atoms with Crippen molar-refractivity contribution in [3.05, 3.63) is 50.4 Å². The summed E-state index contributed by atoms with van der Waals surface area (Å²) in [6, 6.07) is 3.81. The molecule has 32 heavy (non-hydrogen) atoms. The number of carbonyl (C=O) groups is 1. The lowest BCUT2D eigenvalue weighted by Gasteiger charge is -2.22. The number of halogens is 2. The third-order valence-corrected chi connectivity index (χ3v) is 8.31. The first-order valence-corrected chi connectivity index (χ1v) is 12.7. The van der Waals surface area contributed by atoms with E-state index in [1.807, 2.05) is 0 Å². The van der Waals surface area contributed by atoms with E-state index in [2.05, 4.69) is 10.4 Å². The van der Waals surface area contributed by atoms with Crippen LogP contribution < -0.4 is 10.9 Å². The number of aryl methyl sites for hydroxylation is 1. The lowest BCUT2D eigenvalue weighted by Crippen LogP contribution is -2.35. The van der Waals surface area contributed by atoms with Gasteiger partial charge in [0.2, 0.25) is 15.9 Å². The number of amides is 1. The number of hydrogen-bond acceptors (Lipinski definition) is 5. The van der Waals surface area contributed by atoms with Crippen LogP contribution >= 0.6 is 23.2 Å². The van der Waals surface area contributed by atoms with Crippen LogP contribution in [0.3, 0.4) is 0 Å². The highest BCUT2D eigenvalue weighted by Crippen LogP contribution is 2.26. The van der Waals surface area contributed by atoms with E-state index in [1.165, 1.54) is 16.6 Å². The fraction of sp³-hybridized carbons (Fsp3) is 0.476. The van der Waals surface area contributed by atoms with Gasteiger partial charge in [0.25, 0.3) is 5.56 Å². The van der Waals surface area contributed by atoms with Crippen molar-refractivity contribution in [1.29, 1.82) is 0 Å². The van der Waals surface area contributed by atoms with Crippen LogP contribution in [0.15, 0.2) is 34.1 Å². The molecule has 1 saturated heterocycles. The first-order valence-electron chi connectivity index (χ1n) is 10.5. The van der Waals surface area contributed by atoms with Gasteiger partial charge in [0.15, 0.2) is 0 Å². The highest BCUT2D eigenvalue weighted by molar-refractivity contribution is 7.89. The summed E-state index contributed by atoms with van der Waals surface area (Å²) in [5, 5.41) is 6.44. The van der Waals surface area contributed by atoms with Gasteiger partial charge in [-0.15, -0.1) is 0 Å². The molecule has 1 aromatic carbocycles. The Labute approximate surface area is 197 Å². The Hall–Kier alpha value is -1.94. The molecule has 0 radical (unpaired) electrons. The topological polar surface area (TPSA) is 101 Å². The van der Waals surface area contributed by atoms with Crippen LogP contribution in [0.2, 0.25) is 10.0 Å². The van der Waals surface area contributed by atoms with Crippen molar-refractivity contribution in [1.82, 2.24) is 14.1 Å². The van der Waals surface area contributed by atoms with E-state index >= 15 is 0 Å². The molecule has 3 rings (SSSR count). The van der Waals surface area contributed by atoms with E-state index in [1.54, 1.807) is 26.0 Å². The molecule has 1 aliphatic rings. The standard InChI is InChI=1S/C21H26Cl2N4O4S/c1-3-17(27-21(29)19(23)16(22)13-24-27)20(28)25-15-9-8-14(2)18(12-15)32(30,31)26-10-6-4-5-7-11-26/h8-9,12-13,17H,3-7,10-11H2,1-2H3,(H,25,28)/t17-/m0/s1. The Kier molecular flexibility index (Phi) is 7.97. The minimum atomic E-state index is -3.69. The quantitative estimate of drug-likeness (QED) is 0.645. The van der Waals surface area contributed by atoms with E-state index in [0.29, 0.717) is 24.3 Å². The van der Waals surface area contributed by atoms with Gasteiger partial charge < -0.3 is 5.32 Å². The molecule has 1 atom stereocenters. The van der Waals surface area contributed by atoms with Gasteiger partial charge in [-0.3, -0.25) is 9.59 Å². The summed E-state index contributed by atoms with van der Waals surface area (Å²) in [5.41, 5.74) is 0.247. The van der Waals surface area contributed by atoms with Gasteiger partial charge in [0.05, 0.1) is 16.1 Å². The van der Waals surface area contributed by atoms with Crippen LogP contribution in [-0.4, -0.2) is 41.5 Å². The normalized spacial score (nSPS) is 16.4. The zero-order valence-electron chi connectivity index (χ0n) is 18.0. The predicted molar refractivity (Wildman–Crippen MR) is 125 cm³/mol. The first kappa shape index (κ1) is 24.7. The average Bonchev–Trinajstić information content (AvgIpc) is 3.05. The number of nitrogens with one attached hydrogen (secondary N) is 1. The number of benzene rings is 1. The van der Waals surface area contributed by atoms with Gasteiger partial charge in [0, 0.05) is 18.8 Å². The predicted octanol–water partition coefficient (Wildman–Crippen LogP) is 4.01. The molecular weight excluding hydrogens is 475 g/mol. The summed E-state index contributed by atoms with van der Waals surface area (Å²) in [6.07, 6.45) is 5.17. The van der Waals surface area contributed by atoms with Gasteiger partial charge in [-0.05, 0) is 43.9 Å². The highest BCUT2D eigenvalue weighted by atomic mass is 35.5. The third kappa shape index (κ3) is 5.17. The average molecular weight is 501 g/mol. The Morgan fingerprint density at radius 2 is 1.84 bits per heavy atom.